The van der Waals surface area contributed by atoms with Crippen LogP contribution in [0.2, 0.25) is 0 Å². The van der Waals surface area contributed by atoms with Crippen LogP contribution in [0, 0.1) is 10.4 Å². The van der Waals surface area contributed by atoms with E-state index < -0.39 is 11.1 Å². The van der Waals surface area contributed by atoms with Crippen molar-refractivity contribution < 1.29 is 0 Å². The number of rotatable bonds is 2. The molecule has 0 aromatic heterocycles. The van der Waals surface area contributed by atoms with Crippen LogP contribution < -0.4 is 10.1 Å². The van der Waals surface area contributed by atoms with Gasteiger partial charge in [-0.05, 0) is 59.7 Å². The monoisotopic (exact) mass is 250 g/mol. The first-order valence-electron chi connectivity index (χ1n) is 6.08. The van der Waals surface area contributed by atoms with Crippen LogP contribution in [0.4, 0.5) is 11.4 Å². The molecule has 0 unspecified atom stereocenters. The van der Waals surface area contributed by atoms with Crippen LogP contribution in [0.1, 0.15) is 41.5 Å². The molecule has 0 spiro atoms. The van der Waals surface area contributed by atoms with E-state index in [1.807, 2.05) is 41.5 Å². The summed E-state index contributed by atoms with van der Waals surface area (Å²) in [6, 6.07) is 6.81. The molecule has 0 radical (unpaired) electrons. The van der Waals surface area contributed by atoms with Gasteiger partial charge in [0.05, 0.1) is 0 Å². The predicted octanol–water partition coefficient (Wildman–Crippen LogP) is 3.89. The second-order valence-corrected chi connectivity index (χ2v) is 6.45. The Morgan fingerprint density at radius 3 is 1.39 bits per heavy atom. The first kappa shape index (κ1) is 14.8. The van der Waals surface area contributed by atoms with Crippen molar-refractivity contribution in [3.05, 3.63) is 34.7 Å². The van der Waals surface area contributed by atoms with E-state index in [9.17, 15) is 10.4 Å². The molecule has 1 aromatic rings. The van der Waals surface area contributed by atoms with Gasteiger partial charge in [-0.1, -0.05) is 6.07 Å². The molecule has 18 heavy (non-hydrogen) atoms. The van der Waals surface area contributed by atoms with Gasteiger partial charge in [-0.3, -0.25) is 0 Å². The fourth-order valence-corrected chi connectivity index (χ4v) is 1.52. The molecule has 1 aromatic carbocycles. The van der Waals surface area contributed by atoms with Crippen molar-refractivity contribution in [2.45, 2.75) is 52.6 Å². The third-order valence-corrected chi connectivity index (χ3v) is 2.52. The number of hydrogen-bond donors (Lipinski definition) is 0. The average Bonchev–Trinajstić information content (AvgIpc) is 2.24. The lowest BCUT2D eigenvalue weighted by Crippen LogP contribution is -2.38. The van der Waals surface area contributed by atoms with E-state index in [1.54, 1.807) is 24.3 Å². The molecule has 0 bridgehead atoms. The molecule has 0 aliphatic carbocycles. The van der Waals surface area contributed by atoms with Crippen molar-refractivity contribution in [1.82, 2.24) is 0 Å². The summed E-state index contributed by atoms with van der Waals surface area (Å²) in [4.78, 5) is 0. The SMILES string of the molecule is CC(C)(C)N([O-])c1cccc(N([O-])C(C)(C)C)c1. The summed E-state index contributed by atoms with van der Waals surface area (Å²) in [5.74, 6) is 0. The molecule has 0 heterocycles. The zero-order valence-corrected chi connectivity index (χ0v) is 12.0. The van der Waals surface area contributed by atoms with Crippen LogP contribution in [0.5, 0.6) is 0 Å². The summed E-state index contributed by atoms with van der Waals surface area (Å²) in [7, 11) is 0. The zero-order valence-electron chi connectivity index (χ0n) is 12.0. The second kappa shape index (κ2) is 4.78. The number of benzene rings is 1. The second-order valence-electron chi connectivity index (χ2n) is 6.45. The highest BCUT2D eigenvalue weighted by Gasteiger charge is 2.16. The van der Waals surface area contributed by atoms with Crippen molar-refractivity contribution in [2.75, 3.05) is 10.1 Å². The lowest BCUT2D eigenvalue weighted by atomic mass is 10.1. The van der Waals surface area contributed by atoms with E-state index in [1.165, 1.54) is 0 Å². The molecule has 0 atom stereocenters. The minimum Gasteiger partial charge on any atom is -0.758 e. The standard InChI is InChI=1S/C14H22N2O2/c1-13(2,3)15(17)11-8-7-9-12(10-11)16(18)14(4,5)6/h7-10H,1-6H3/q-2. The Morgan fingerprint density at radius 2 is 1.11 bits per heavy atom. The van der Waals surface area contributed by atoms with Crippen LogP contribution in [-0.2, 0) is 0 Å². The summed E-state index contributed by atoms with van der Waals surface area (Å²) >= 11 is 0. The molecule has 0 N–H and O–H groups in total. The normalized spacial score (nSPS) is 12.4. The molecule has 0 amide bonds. The lowest BCUT2D eigenvalue weighted by Gasteiger charge is -2.46. The number of nitrogens with zero attached hydrogens (tertiary/aromatic N) is 2. The van der Waals surface area contributed by atoms with Gasteiger partial charge in [0, 0.05) is 22.5 Å². The fourth-order valence-electron chi connectivity index (χ4n) is 1.52. The van der Waals surface area contributed by atoms with Crippen LogP contribution in [0.25, 0.3) is 0 Å². The first-order chi connectivity index (χ1) is 8.03. The summed E-state index contributed by atoms with van der Waals surface area (Å²) in [6.07, 6.45) is 0. The van der Waals surface area contributed by atoms with Crippen molar-refractivity contribution in [3.63, 3.8) is 0 Å². The Morgan fingerprint density at radius 1 is 0.778 bits per heavy atom. The first-order valence-corrected chi connectivity index (χ1v) is 6.08. The van der Waals surface area contributed by atoms with Gasteiger partial charge < -0.3 is 20.5 Å². The summed E-state index contributed by atoms with van der Waals surface area (Å²) < 4.78 is 0. The molecule has 4 heteroatoms. The quantitative estimate of drug-likeness (QED) is 0.747. The molecular weight excluding hydrogens is 228 g/mol. The fraction of sp³-hybridized carbons (Fsp3) is 0.571. The highest BCUT2D eigenvalue weighted by molar-refractivity contribution is 5.62. The maximum Gasteiger partial charge on any atom is 0.0283 e. The molecular formula is C14H22N2O2-2. The van der Waals surface area contributed by atoms with Gasteiger partial charge in [0.25, 0.3) is 0 Å². The van der Waals surface area contributed by atoms with Crippen molar-refractivity contribution in [1.29, 1.82) is 0 Å². The van der Waals surface area contributed by atoms with Gasteiger partial charge in [-0.15, -0.1) is 0 Å². The molecule has 0 saturated carbocycles. The zero-order chi connectivity index (χ0) is 14.1. The minimum absolute atomic E-state index is 0.505. The van der Waals surface area contributed by atoms with Crippen LogP contribution in [-0.4, -0.2) is 11.1 Å². The maximum absolute atomic E-state index is 12.1. The molecule has 0 aliphatic rings. The van der Waals surface area contributed by atoms with Gasteiger partial charge in [-0.25, -0.2) is 0 Å². The summed E-state index contributed by atoms with van der Waals surface area (Å²) in [5, 5.41) is 26.0. The van der Waals surface area contributed by atoms with Gasteiger partial charge >= 0.3 is 0 Å². The van der Waals surface area contributed by atoms with Gasteiger partial charge in [0.1, 0.15) is 0 Å². The van der Waals surface area contributed by atoms with E-state index in [0.717, 1.165) is 10.1 Å². The average molecular weight is 250 g/mol. The smallest absolute Gasteiger partial charge is 0.0283 e. The van der Waals surface area contributed by atoms with Gasteiger partial charge in [0.2, 0.25) is 0 Å². The molecule has 0 saturated heterocycles. The van der Waals surface area contributed by atoms with E-state index in [2.05, 4.69) is 0 Å². The number of hydroxylamine groups is 2. The third-order valence-electron chi connectivity index (χ3n) is 2.52. The molecule has 4 nitrogen and oxygen atoms in total. The van der Waals surface area contributed by atoms with Gasteiger partial charge in [0.15, 0.2) is 0 Å². The molecule has 102 valence electrons. The van der Waals surface area contributed by atoms with Crippen LogP contribution in [0.3, 0.4) is 0 Å². The Bertz CT molecular complexity index is 370. The topological polar surface area (TPSA) is 52.6 Å². The van der Waals surface area contributed by atoms with Crippen molar-refractivity contribution in [2.24, 2.45) is 0 Å². The maximum atomic E-state index is 12.1. The largest absolute Gasteiger partial charge is 0.758 e. The highest BCUT2D eigenvalue weighted by Crippen LogP contribution is 2.29. The van der Waals surface area contributed by atoms with Gasteiger partial charge in [-0.2, -0.15) is 0 Å². The Balaban J connectivity index is 3.07. The molecule has 0 fully saturated rings. The molecule has 0 aliphatic heterocycles. The van der Waals surface area contributed by atoms with Crippen molar-refractivity contribution in [3.8, 4) is 0 Å². The van der Waals surface area contributed by atoms with Crippen LogP contribution >= 0.6 is 0 Å². The van der Waals surface area contributed by atoms with E-state index in [4.69, 9.17) is 0 Å². The minimum atomic E-state index is -0.520. The number of anilines is 2. The van der Waals surface area contributed by atoms with Crippen molar-refractivity contribution >= 4 is 11.4 Å². The van der Waals surface area contributed by atoms with E-state index in [-0.39, 0.29) is 0 Å². The van der Waals surface area contributed by atoms with E-state index >= 15 is 0 Å². The predicted molar refractivity (Wildman–Crippen MR) is 77.6 cm³/mol. The van der Waals surface area contributed by atoms with Crippen LogP contribution in [0.15, 0.2) is 24.3 Å². The summed E-state index contributed by atoms with van der Waals surface area (Å²) in [5.41, 5.74) is -0.0301. The van der Waals surface area contributed by atoms with E-state index in [0.29, 0.717) is 11.4 Å². The highest BCUT2D eigenvalue weighted by atomic mass is 16.5. The lowest BCUT2D eigenvalue weighted by molar-refractivity contribution is 0.552. The summed E-state index contributed by atoms with van der Waals surface area (Å²) in [6.45, 7) is 11.0. The number of hydrogen-bond acceptors (Lipinski definition) is 4. The Hall–Kier alpha value is -1.26. The third kappa shape index (κ3) is 3.37. The Kier molecular flexibility index (Phi) is 3.93. The Labute approximate surface area is 109 Å². The molecule has 1 rings (SSSR count).